The molecule has 1 fully saturated rings. The molecule has 24 heavy (non-hydrogen) atoms. The summed E-state index contributed by atoms with van der Waals surface area (Å²) in [7, 11) is 0. The fraction of sp³-hybridized carbons (Fsp3) is 0.611. The van der Waals surface area contributed by atoms with Gasteiger partial charge in [0.05, 0.1) is 17.9 Å². The molecule has 0 saturated carbocycles. The lowest BCUT2D eigenvalue weighted by Crippen LogP contribution is -2.47. The summed E-state index contributed by atoms with van der Waals surface area (Å²) < 4.78 is 6.47. The zero-order valence-corrected chi connectivity index (χ0v) is 16.4. The molecule has 0 spiro atoms. The van der Waals surface area contributed by atoms with Crippen LogP contribution in [0.25, 0.3) is 0 Å². The number of piperidine rings is 1. The van der Waals surface area contributed by atoms with E-state index in [4.69, 9.17) is 4.66 Å². The third-order valence-corrected chi connectivity index (χ3v) is 4.44. The molecule has 0 aromatic heterocycles. The molecule has 1 saturated heterocycles. The number of rotatable bonds is 5. The number of hydrogen-bond acceptors (Lipinski definition) is 3. The minimum Gasteiger partial charge on any atom is -0.324 e. The fourth-order valence-electron chi connectivity index (χ4n) is 3.13. The van der Waals surface area contributed by atoms with Crippen molar-refractivity contribution in [3.63, 3.8) is 0 Å². The first-order chi connectivity index (χ1) is 11.1. The summed E-state index contributed by atoms with van der Waals surface area (Å²) in [6, 6.07) is 6.19. The molecular weight excluding hydrogens is 347 g/mol. The van der Waals surface area contributed by atoms with Crippen molar-refractivity contribution in [3.8, 4) is 0 Å². The first-order valence-electron chi connectivity index (χ1n) is 8.41. The van der Waals surface area contributed by atoms with Crippen LogP contribution in [0.15, 0.2) is 18.2 Å². The highest BCUT2D eigenvalue weighted by Crippen LogP contribution is 2.23. The minimum atomic E-state index is 0. The zero-order chi connectivity index (χ0) is 17.2. The minimum absolute atomic E-state index is 0. The summed E-state index contributed by atoms with van der Waals surface area (Å²) >= 11 is 3.64. The molecule has 1 heterocycles. The fourth-order valence-corrected chi connectivity index (χ4v) is 3.13. The molecule has 0 bridgehead atoms. The van der Waals surface area contributed by atoms with Crippen molar-refractivity contribution in [1.82, 2.24) is 4.90 Å². The lowest BCUT2D eigenvalue weighted by Gasteiger charge is -2.34. The highest BCUT2D eigenvalue weighted by atomic mass is 35.5. The average Bonchev–Trinajstić information content (AvgIpc) is 2.58. The van der Waals surface area contributed by atoms with Gasteiger partial charge in [-0.1, -0.05) is 38.0 Å². The van der Waals surface area contributed by atoms with Crippen molar-refractivity contribution in [3.05, 3.63) is 29.3 Å². The second-order valence-corrected chi connectivity index (χ2v) is 6.16. The Morgan fingerprint density at radius 3 is 2.50 bits per heavy atom. The number of carbonyl (C=O) groups excluding carboxylic acids is 1. The molecule has 0 aliphatic carbocycles. The van der Waals surface area contributed by atoms with Crippen LogP contribution < -0.4 is 5.32 Å². The summed E-state index contributed by atoms with van der Waals surface area (Å²) in [5.41, 5.74) is 3.27. The van der Waals surface area contributed by atoms with Gasteiger partial charge in [-0.2, -0.15) is 0 Å². The molecule has 4 nitrogen and oxygen atoms in total. The Labute approximate surface area is 157 Å². The van der Waals surface area contributed by atoms with E-state index in [1.807, 2.05) is 6.07 Å². The van der Waals surface area contributed by atoms with Gasteiger partial charge in [-0.05, 0) is 57.3 Å². The molecule has 1 aromatic rings. The molecule has 1 amide bonds. The van der Waals surface area contributed by atoms with E-state index in [0.29, 0.717) is 0 Å². The van der Waals surface area contributed by atoms with Crippen LogP contribution >= 0.6 is 24.3 Å². The van der Waals surface area contributed by atoms with Crippen LogP contribution in [0, 0.1) is 13.8 Å². The molecule has 2 N–H and O–H groups in total. The van der Waals surface area contributed by atoms with E-state index in [1.54, 1.807) is 0 Å². The molecule has 2 rings (SSSR count). The number of hydrogen-bond donors (Lipinski definition) is 2. The molecule has 0 radical (unpaired) electrons. The Balaban J connectivity index is 0.00000170. The number of nitrogens with one attached hydrogen (secondary N) is 1. The van der Waals surface area contributed by atoms with Crippen molar-refractivity contribution in [2.75, 3.05) is 18.4 Å². The molecule has 1 aliphatic heterocycles. The third kappa shape index (κ3) is 6.60. The first kappa shape index (κ1) is 23.2. The average molecular weight is 377 g/mol. The van der Waals surface area contributed by atoms with Gasteiger partial charge in [-0.3, -0.25) is 14.4 Å². The zero-order valence-electron chi connectivity index (χ0n) is 14.8. The van der Waals surface area contributed by atoms with Crippen molar-refractivity contribution < 1.29 is 9.45 Å². The predicted octanol–water partition coefficient (Wildman–Crippen LogP) is 4.45. The highest BCUT2D eigenvalue weighted by molar-refractivity contribution is 6.04. The Bertz CT molecular complexity index is 478. The van der Waals surface area contributed by atoms with E-state index in [1.165, 1.54) is 19.3 Å². The van der Waals surface area contributed by atoms with Gasteiger partial charge >= 0.3 is 0 Å². The van der Waals surface area contributed by atoms with Crippen molar-refractivity contribution >= 4 is 35.9 Å². The van der Waals surface area contributed by atoms with E-state index in [-0.39, 0.29) is 24.4 Å². The van der Waals surface area contributed by atoms with Gasteiger partial charge in [0.25, 0.3) is 0 Å². The molecule has 1 aliphatic rings. The number of benzene rings is 1. The SMILES string of the molecule is CCCCN1CCCCC1C(=O)Nc1c(C)cccc1C.Cl.OCl. The van der Waals surface area contributed by atoms with E-state index >= 15 is 0 Å². The summed E-state index contributed by atoms with van der Waals surface area (Å²) in [5, 5.41) is 3.17. The van der Waals surface area contributed by atoms with Crippen LogP contribution in [0.3, 0.4) is 0 Å². The summed E-state index contributed by atoms with van der Waals surface area (Å²) in [6.45, 7) is 8.42. The maximum absolute atomic E-state index is 12.7. The Morgan fingerprint density at radius 1 is 1.29 bits per heavy atom. The number of nitrogens with zero attached hydrogens (tertiary/aromatic N) is 1. The molecule has 1 unspecified atom stereocenters. The molecule has 6 heteroatoms. The maximum atomic E-state index is 12.7. The molecule has 138 valence electrons. The standard InChI is InChI=1S/C18H28N2O.ClHO.ClH/c1-4-5-12-20-13-7-6-11-16(20)18(21)19-17-14(2)9-8-10-15(17)3;1-2;/h8-10,16H,4-7,11-13H2,1-3H3,(H,19,21);2H;1H. The predicted molar refractivity (Wildman–Crippen MR) is 104 cm³/mol. The van der Waals surface area contributed by atoms with E-state index in [2.05, 4.69) is 55.0 Å². The number of amides is 1. The Kier molecular flexibility index (Phi) is 12.1. The van der Waals surface area contributed by atoms with Gasteiger partial charge in [-0.15, -0.1) is 12.4 Å². The van der Waals surface area contributed by atoms with Crippen molar-refractivity contribution in [2.45, 2.75) is 58.9 Å². The van der Waals surface area contributed by atoms with E-state index < -0.39 is 0 Å². The highest BCUT2D eigenvalue weighted by Gasteiger charge is 2.28. The third-order valence-electron chi connectivity index (χ3n) is 4.44. The maximum Gasteiger partial charge on any atom is 0.241 e. The molecule has 1 atom stereocenters. The van der Waals surface area contributed by atoms with Gasteiger partial charge in [0, 0.05) is 5.69 Å². The first-order valence-corrected chi connectivity index (χ1v) is 8.75. The Hall–Kier alpha value is -0.810. The van der Waals surface area contributed by atoms with Crippen molar-refractivity contribution in [2.24, 2.45) is 0 Å². The number of likely N-dealkylation sites (tertiary alicyclic amines) is 1. The second kappa shape index (κ2) is 12.5. The number of carbonyl (C=O) groups is 1. The van der Waals surface area contributed by atoms with Gasteiger partial charge < -0.3 is 5.32 Å². The normalized spacial score (nSPS) is 17.3. The Morgan fingerprint density at radius 2 is 1.92 bits per heavy atom. The van der Waals surface area contributed by atoms with Crippen LogP contribution in [-0.2, 0) is 4.79 Å². The monoisotopic (exact) mass is 376 g/mol. The molecular formula is C18H30Cl2N2O2. The number of anilines is 1. The van der Waals surface area contributed by atoms with Crippen LogP contribution in [0.5, 0.6) is 0 Å². The molecule has 1 aromatic carbocycles. The summed E-state index contributed by atoms with van der Waals surface area (Å²) in [5.74, 6) is 0.170. The number of unbranched alkanes of at least 4 members (excludes halogenated alkanes) is 1. The van der Waals surface area contributed by atoms with Gasteiger partial charge in [0.15, 0.2) is 0 Å². The van der Waals surface area contributed by atoms with Gasteiger partial charge in [0.2, 0.25) is 5.91 Å². The number of aryl methyl sites for hydroxylation is 2. The van der Waals surface area contributed by atoms with Crippen LogP contribution in [0.1, 0.15) is 50.2 Å². The second-order valence-electron chi connectivity index (χ2n) is 6.16. The lowest BCUT2D eigenvalue weighted by molar-refractivity contribution is -0.122. The van der Waals surface area contributed by atoms with Crippen molar-refractivity contribution in [1.29, 1.82) is 0 Å². The number of halogens is 2. The topological polar surface area (TPSA) is 52.6 Å². The van der Waals surface area contributed by atoms with Crippen LogP contribution in [0.4, 0.5) is 5.69 Å². The largest absolute Gasteiger partial charge is 0.324 e. The van der Waals surface area contributed by atoms with Gasteiger partial charge in [0.1, 0.15) is 0 Å². The van der Waals surface area contributed by atoms with Gasteiger partial charge in [-0.25, -0.2) is 0 Å². The lowest BCUT2D eigenvalue weighted by atomic mass is 10.00. The quantitative estimate of drug-likeness (QED) is 0.797. The summed E-state index contributed by atoms with van der Waals surface area (Å²) in [4.78, 5) is 15.1. The van der Waals surface area contributed by atoms with Crippen LogP contribution in [0.2, 0.25) is 0 Å². The van der Waals surface area contributed by atoms with E-state index in [9.17, 15) is 4.79 Å². The van der Waals surface area contributed by atoms with E-state index in [0.717, 1.165) is 42.7 Å². The van der Waals surface area contributed by atoms with Crippen LogP contribution in [-0.4, -0.2) is 34.6 Å². The smallest absolute Gasteiger partial charge is 0.241 e. The summed E-state index contributed by atoms with van der Waals surface area (Å²) in [6.07, 6.45) is 5.72. The number of para-hydroxylation sites is 1.